The van der Waals surface area contributed by atoms with Gasteiger partial charge in [0, 0.05) is 31.6 Å². The van der Waals surface area contributed by atoms with Crippen molar-refractivity contribution in [2.75, 3.05) is 19.6 Å². The first-order valence-corrected chi connectivity index (χ1v) is 9.06. The molecule has 0 amide bonds. The lowest BCUT2D eigenvalue weighted by atomic mass is 10.1. The quantitative estimate of drug-likeness (QED) is 0.349. The highest BCUT2D eigenvalue weighted by Gasteiger charge is 2.07. The van der Waals surface area contributed by atoms with Gasteiger partial charge in [0.1, 0.15) is 0 Å². The molecular formula is C19H30IN5O. The molecule has 2 aromatic rings. The fourth-order valence-corrected chi connectivity index (χ4v) is 2.27. The van der Waals surface area contributed by atoms with Crippen LogP contribution in [0.5, 0.6) is 0 Å². The Hall–Kier alpha value is -1.64. The second-order valence-electron chi connectivity index (χ2n) is 6.36. The van der Waals surface area contributed by atoms with Gasteiger partial charge in [-0.1, -0.05) is 38.1 Å². The van der Waals surface area contributed by atoms with Crippen LogP contribution in [0, 0.1) is 5.92 Å². The molecular weight excluding hydrogens is 441 g/mol. The summed E-state index contributed by atoms with van der Waals surface area (Å²) in [6, 6.07) is 8.26. The van der Waals surface area contributed by atoms with Gasteiger partial charge in [0.2, 0.25) is 0 Å². The van der Waals surface area contributed by atoms with Gasteiger partial charge in [-0.05, 0) is 37.0 Å². The van der Waals surface area contributed by atoms with E-state index in [2.05, 4.69) is 58.7 Å². The molecule has 0 saturated carbocycles. The normalized spacial score (nSPS) is 11.3. The number of guanidine groups is 1. The van der Waals surface area contributed by atoms with Crippen molar-refractivity contribution in [3.05, 3.63) is 35.7 Å². The van der Waals surface area contributed by atoms with Crippen molar-refractivity contribution in [3.63, 3.8) is 0 Å². The smallest absolute Gasteiger partial charge is 0.257 e. The maximum Gasteiger partial charge on any atom is 0.257 e. The molecule has 0 saturated heterocycles. The van der Waals surface area contributed by atoms with Crippen LogP contribution in [0.1, 0.15) is 39.1 Å². The number of aliphatic imine (C=N–C) groups is 1. The van der Waals surface area contributed by atoms with Crippen LogP contribution in [0.25, 0.3) is 11.5 Å². The minimum absolute atomic E-state index is 0. The highest BCUT2D eigenvalue weighted by molar-refractivity contribution is 14.0. The standard InChI is InChI=1S/C19H29N5O.HI/c1-5-17-23-18(25-24-17)16-9-7-15(8-10-16)11-12-21-19(20-6-2)22-13-14(3)4;/h7-10,14H,5-6,11-13H2,1-4H3,(H2,20,21,22);1H. The largest absolute Gasteiger partial charge is 0.357 e. The minimum Gasteiger partial charge on any atom is -0.357 e. The van der Waals surface area contributed by atoms with Crippen LogP contribution in [-0.4, -0.2) is 35.7 Å². The van der Waals surface area contributed by atoms with E-state index in [1.165, 1.54) is 5.56 Å². The molecule has 1 aromatic heterocycles. The third-order valence-corrected chi connectivity index (χ3v) is 3.65. The van der Waals surface area contributed by atoms with E-state index in [4.69, 9.17) is 4.52 Å². The summed E-state index contributed by atoms with van der Waals surface area (Å²) in [5, 5.41) is 10.6. The maximum atomic E-state index is 5.27. The van der Waals surface area contributed by atoms with Gasteiger partial charge in [-0.25, -0.2) is 0 Å². The molecule has 0 spiro atoms. The van der Waals surface area contributed by atoms with Gasteiger partial charge >= 0.3 is 0 Å². The van der Waals surface area contributed by atoms with E-state index in [0.717, 1.165) is 49.8 Å². The van der Waals surface area contributed by atoms with Gasteiger partial charge < -0.3 is 15.2 Å². The summed E-state index contributed by atoms with van der Waals surface area (Å²) in [5.74, 6) is 2.75. The van der Waals surface area contributed by atoms with Crippen molar-refractivity contribution in [2.45, 2.75) is 40.5 Å². The molecule has 0 aliphatic heterocycles. The molecule has 0 fully saturated rings. The highest BCUT2D eigenvalue weighted by Crippen LogP contribution is 2.18. The molecule has 0 bridgehead atoms. The van der Waals surface area contributed by atoms with Crippen LogP contribution in [0.3, 0.4) is 0 Å². The summed E-state index contributed by atoms with van der Waals surface area (Å²) >= 11 is 0. The molecule has 6 nitrogen and oxygen atoms in total. The summed E-state index contributed by atoms with van der Waals surface area (Å²) in [4.78, 5) is 8.93. The van der Waals surface area contributed by atoms with Crippen LogP contribution in [0.4, 0.5) is 0 Å². The van der Waals surface area contributed by atoms with E-state index in [-0.39, 0.29) is 24.0 Å². The Kier molecular flexibility index (Phi) is 10.2. The number of nitrogens with zero attached hydrogens (tertiary/aromatic N) is 3. The zero-order valence-corrected chi connectivity index (χ0v) is 18.4. The molecule has 2 rings (SSSR count). The van der Waals surface area contributed by atoms with E-state index in [1.807, 2.05) is 19.1 Å². The number of hydrogen-bond acceptors (Lipinski definition) is 4. The molecule has 0 unspecified atom stereocenters. The molecule has 26 heavy (non-hydrogen) atoms. The predicted octanol–water partition coefficient (Wildman–Crippen LogP) is 3.67. The number of aromatic nitrogens is 2. The van der Waals surface area contributed by atoms with Crippen LogP contribution in [-0.2, 0) is 12.8 Å². The van der Waals surface area contributed by atoms with Gasteiger partial charge in [0.25, 0.3) is 5.89 Å². The van der Waals surface area contributed by atoms with Crippen molar-refractivity contribution in [3.8, 4) is 11.5 Å². The van der Waals surface area contributed by atoms with Crippen molar-refractivity contribution >= 4 is 29.9 Å². The lowest BCUT2D eigenvalue weighted by molar-refractivity contribution is 0.423. The van der Waals surface area contributed by atoms with Crippen LogP contribution < -0.4 is 10.6 Å². The van der Waals surface area contributed by atoms with Crippen molar-refractivity contribution in [2.24, 2.45) is 10.9 Å². The fourth-order valence-electron chi connectivity index (χ4n) is 2.27. The second kappa shape index (κ2) is 11.9. The Balaban J connectivity index is 0.00000338. The molecule has 0 atom stereocenters. The predicted molar refractivity (Wildman–Crippen MR) is 117 cm³/mol. The lowest BCUT2D eigenvalue weighted by Gasteiger charge is -2.12. The zero-order valence-electron chi connectivity index (χ0n) is 16.1. The van der Waals surface area contributed by atoms with Crippen molar-refractivity contribution < 1.29 is 4.52 Å². The first kappa shape index (κ1) is 22.4. The number of nitrogens with one attached hydrogen (secondary N) is 2. The summed E-state index contributed by atoms with van der Waals surface area (Å²) in [7, 11) is 0. The summed E-state index contributed by atoms with van der Waals surface area (Å²) in [6.45, 7) is 11.0. The van der Waals surface area contributed by atoms with Crippen LogP contribution >= 0.6 is 24.0 Å². The van der Waals surface area contributed by atoms with Crippen LogP contribution in [0.15, 0.2) is 33.8 Å². The Morgan fingerprint density at radius 2 is 1.88 bits per heavy atom. The number of hydrogen-bond donors (Lipinski definition) is 2. The molecule has 144 valence electrons. The Labute approximate surface area is 173 Å². The first-order chi connectivity index (χ1) is 12.1. The molecule has 2 N–H and O–H groups in total. The number of rotatable bonds is 8. The molecule has 0 aliphatic carbocycles. The van der Waals surface area contributed by atoms with Crippen LogP contribution in [0.2, 0.25) is 0 Å². The monoisotopic (exact) mass is 471 g/mol. The van der Waals surface area contributed by atoms with E-state index >= 15 is 0 Å². The average Bonchev–Trinajstić information content (AvgIpc) is 3.09. The zero-order chi connectivity index (χ0) is 18.1. The SMILES string of the molecule is CCNC(=NCC(C)C)NCCc1ccc(-c2nc(CC)no2)cc1.I. The average molecular weight is 471 g/mol. The highest BCUT2D eigenvalue weighted by atomic mass is 127. The number of halogens is 1. The van der Waals surface area contributed by atoms with Crippen molar-refractivity contribution in [1.29, 1.82) is 0 Å². The van der Waals surface area contributed by atoms with E-state index in [9.17, 15) is 0 Å². The maximum absolute atomic E-state index is 5.27. The topological polar surface area (TPSA) is 75.3 Å². The van der Waals surface area contributed by atoms with E-state index in [0.29, 0.717) is 11.8 Å². The first-order valence-electron chi connectivity index (χ1n) is 9.06. The summed E-state index contributed by atoms with van der Waals surface area (Å²) < 4.78 is 5.27. The third kappa shape index (κ3) is 7.31. The number of benzene rings is 1. The van der Waals surface area contributed by atoms with E-state index in [1.54, 1.807) is 0 Å². The molecule has 7 heteroatoms. The molecule has 1 heterocycles. The van der Waals surface area contributed by atoms with Gasteiger partial charge in [-0.3, -0.25) is 4.99 Å². The van der Waals surface area contributed by atoms with Gasteiger partial charge in [-0.2, -0.15) is 4.98 Å². The van der Waals surface area contributed by atoms with Gasteiger partial charge in [0.15, 0.2) is 11.8 Å². The van der Waals surface area contributed by atoms with Gasteiger partial charge in [0.05, 0.1) is 0 Å². The Morgan fingerprint density at radius 1 is 1.15 bits per heavy atom. The third-order valence-electron chi connectivity index (χ3n) is 3.65. The summed E-state index contributed by atoms with van der Waals surface area (Å²) in [5.41, 5.74) is 2.21. The van der Waals surface area contributed by atoms with Crippen molar-refractivity contribution in [1.82, 2.24) is 20.8 Å². The minimum atomic E-state index is 0. The Bertz CT molecular complexity index is 667. The fraction of sp³-hybridized carbons (Fsp3) is 0.526. The Morgan fingerprint density at radius 3 is 2.46 bits per heavy atom. The second-order valence-corrected chi connectivity index (χ2v) is 6.36. The summed E-state index contributed by atoms with van der Waals surface area (Å²) in [6.07, 6.45) is 1.70. The van der Waals surface area contributed by atoms with Gasteiger partial charge in [-0.15, -0.1) is 24.0 Å². The molecule has 0 aliphatic rings. The van der Waals surface area contributed by atoms with E-state index < -0.39 is 0 Å². The molecule has 1 aromatic carbocycles. The molecule has 0 radical (unpaired) electrons. The number of aryl methyl sites for hydroxylation is 1. The lowest BCUT2D eigenvalue weighted by Crippen LogP contribution is -2.38.